The van der Waals surface area contributed by atoms with E-state index >= 15 is 0 Å². The summed E-state index contributed by atoms with van der Waals surface area (Å²) in [5.41, 5.74) is 10.5. The summed E-state index contributed by atoms with van der Waals surface area (Å²) in [6, 6.07) is 53.7. The highest BCUT2D eigenvalue weighted by molar-refractivity contribution is 6.10. The van der Waals surface area contributed by atoms with Gasteiger partial charge in [0.05, 0.1) is 11.0 Å². The quantitative estimate of drug-likeness (QED) is 0.256. The number of nitrogens with one attached hydrogen (secondary N) is 1. The second-order valence-electron chi connectivity index (χ2n) is 9.54. The minimum absolute atomic E-state index is 1.07. The lowest BCUT2D eigenvalue weighted by Crippen LogP contribution is -1.95. The monoisotopic (exact) mass is 486 g/mol. The number of rotatable bonds is 5. The van der Waals surface area contributed by atoms with Crippen molar-refractivity contribution >= 4 is 33.2 Å². The predicted octanol–water partition coefficient (Wildman–Crippen LogP) is 9.86. The Morgan fingerprint density at radius 2 is 1.05 bits per heavy atom. The van der Waals surface area contributed by atoms with Crippen molar-refractivity contribution in [1.82, 2.24) is 4.57 Å². The predicted molar refractivity (Wildman–Crippen MR) is 161 cm³/mol. The number of aromatic nitrogens is 1. The lowest BCUT2D eigenvalue weighted by Gasteiger charge is -2.15. The second-order valence-corrected chi connectivity index (χ2v) is 9.54. The van der Waals surface area contributed by atoms with Crippen LogP contribution >= 0.6 is 0 Å². The maximum Gasteiger partial charge on any atom is 0.0542 e. The van der Waals surface area contributed by atoms with Crippen LogP contribution in [0.1, 0.15) is 0 Å². The van der Waals surface area contributed by atoms with E-state index in [2.05, 4.69) is 162 Å². The number of para-hydroxylation sites is 2. The van der Waals surface area contributed by atoms with Gasteiger partial charge in [0.25, 0.3) is 0 Å². The molecule has 7 rings (SSSR count). The third-order valence-electron chi connectivity index (χ3n) is 7.18. The zero-order chi connectivity index (χ0) is 25.3. The Balaban J connectivity index is 1.38. The largest absolute Gasteiger partial charge is 0.355 e. The Kier molecular flexibility index (Phi) is 5.49. The number of anilines is 2. The summed E-state index contributed by atoms with van der Waals surface area (Å²) in [7, 11) is 0. The van der Waals surface area contributed by atoms with Crippen molar-refractivity contribution in [2.45, 2.75) is 0 Å². The molecule has 0 aliphatic carbocycles. The highest BCUT2D eigenvalue weighted by atomic mass is 15.0. The average molecular weight is 487 g/mol. The van der Waals surface area contributed by atoms with Crippen LogP contribution in [0.15, 0.2) is 152 Å². The number of benzene rings is 6. The van der Waals surface area contributed by atoms with Gasteiger partial charge >= 0.3 is 0 Å². The fourth-order valence-corrected chi connectivity index (χ4v) is 5.39. The summed E-state index contributed by atoms with van der Waals surface area (Å²) in [6.45, 7) is 0. The number of hydrogen-bond donors (Lipinski definition) is 1. The van der Waals surface area contributed by atoms with E-state index in [1.54, 1.807) is 0 Å². The summed E-state index contributed by atoms with van der Waals surface area (Å²) in [4.78, 5) is 0. The van der Waals surface area contributed by atoms with Gasteiger partial charge in [0.15, 0.2) is 0 Å². The van der Waals surface area contributed by atoms with Crippen molar-refractivity contribution in [2.75, 3.05) is 5.32 Å². The molecule has 0 spiro atoms. The number of hydrogen-bond acceptors (Lipinski definition) is 1. The SMILES string of the molecule is c1ccc(-c2ccc(-c3ccccc3)c(Nc3ccc4c(c3)c3ccccc3n4-c3ccccc3)c2)cc1. The molecule has 0 aliphatic heterocycles. The van der Waals surface area contributed by atoms with Gasteiger partial charge in [-0.25, -0.2) is 0 Å². The van der Waals surface area contributed by atoms with Gasteiger partial charge in [-0.1, -0.05) is 109 Å². The summed E-state index contributed by atoms with van der Waals surface area (Å²) in [5, 5.41) is 6.26. The van der Waals surface area contributed by atoms with Crippen molar-refractivity contribution in [1.29, 1.82) is 0 Å². The number of nitrogens with zero attached hydrogens (tertiary/aromatic N) is 1. The van der Waals surface area contributed by atoms with Crippen LogP contribution < -0.4 is 5.32 Å². The molecule has 0 saturated carbocycles. The fourth-order valence-electron chi connectivity index (χ4n) is 5.39. The first-order valence-corrected chi connectivity index (χ1v) is 13.0. The summed E-state index contributed by atoms with van der Waals surface area (Å²) >= 11 is 0. The van der Waals surface area contributed by atoms with E-state index in [0.717, 1.165) is 11.4 Å². The van der Waals surface area contributed by atoms with Crippen molar-refractivity contribution in [3.05, 3.63) is 152 Å². The van der Waals surface area contributed by atoms with Gasteiger partial charge < -0.3 is 9.88 Å². The molecule has 0 radical (unpaired) electrons. The average Bonchev–Trinajstić information content (AvgIpc) is 3.32. The highest BCUT2D eigenvalue weighted by Gasteiger charge is 2.14. The van der Waals surface area contributed by atoms with Crippen molar-refractivity contribution in [2.24, 2.45) is 0 Å². The normalized spacial score (nSPS) is 11.2. The summed E-state index contributed by atoms with van der Waals surface area (Å²) in [5.74, 6) is 0. The third kappa shape index (κ3) is 3.93. The van der Waals surface area contributed by atoms with Gasteiger partial charge in [0, 0.05) is 33.4 Å². The van der Waals surface area contributed by atoms with Gasteiger partial charge in [0.1, 0.15) is 0 Å². The molecule has 6 aromatic carbocycles. The highest BCUT2D eigenvalue weighted by Crippen LogP contribution is 2.37. The standard InChI is InChI=1S/C36H26N2/c1-4-12-26(13-5-1)28-20-22-31(27-14-6-2-7-15-27)34(24-28)37-29-21-23-36-33(25-29)32-18-10-11-19-35(32)38(36)30-16-8-3-9-17-30/h1-25,37H. The third-order valence-corrected chi connectivity index (χ3v) is 7.18. The van der Waals surface area contributed by atoms with Gasteiger partial charge in [0.2, 0.25) is 0 Å². The molecule has 1 N–H and O–H groups in total. The molecule has 2 heteroatoms. The van der Waals surface area contributed by atoms with E-state index in [9.17, 15) is 0 Å². The summed E-state index contributed by atoms with van der Waals surface area (Å²) in [6.07, 6.45) is 0. The van der Waals surface area contributed by atoms with Gasteiger partial charge in [-0.15, -0.1) is 0 Å². The van der Waals surface area contributed by atoms with E-state index in [1.165, 1.54) is 49.7 Å². The van der Waals surface area contributed by atoms with Crippen LogP contribution in [0.2, 0.25) is 0 Å². The zero-order valence-corrected chi connectivity index (χ0v) is 20.9. The smallest absolute Gasteiger partial charge is 0.0542 e. The van der Waals surface area contributed by atoms with Crippen molar-refractivity contribution < 1.29 is 0 Å². The first kappa shape index (κ1) is 22.1. The molecule has 2 nitrogen and oxygen atoms in total. The molecule has 0 amide bonds. The van der Waals surface area contributed by atoms with E-state index in [0.29, 0.717) is 0 Å². The zero-order valence-electron chi connectivity index (χ0n) is 20.9. The van der Waals surface area contributed by atoms with Crippen LogP contribution in [-0.2, 0) is 0 Å². The molecule has 1 heterocycles. The molecule has 0 saturated heterocycles. The maximum atomic E-state index is 3.78. The fraction of sp³-hybridized carbons (Fsp3) is 0. The van der Waals surface area contributed by atoms with Gasteiger partial charge in [-0.3, -0.25) is 0 Å². The van der Waals surface area contributed by atoms with E-state index in [1.807, 2.05) is 0 Å². The molecule has 0 unspecified atom stereocenters. The van der Waals surface area contributed by atoms with Crippen LogP contribution in [0.25, 0.3) is 49.7 Å². The molecular formula is C36H26N2. The minimum atomic E-state index is 1.07. The van der Waals surface area contributed by atoms with Crippen molar-refractivity contribution in [3.8, 4) is 27.9 Å². The second kappa shape index (κ2) is 9.42. The minimum Gasteiger partial charge on any atom is -0.355 e. The molecule has 0 bridgehead atoms. The topological polar surface area (TPSA) is 17.0 Å². The molecule has 7 aromatic rings. The number of fused-ring (bicyclic) bond motifs is 3. The van der Waals surface area contributed by atoms with Crippen LogP contribution in [0, 0.1) is 0 Å². The van der Waals surface area contributed by atoms with Gasteiger partial charge in [-0.05, 0) is 59.2 Å². The molecule has 38 heavy (non-hydrogen) atoms. The van der Waals surface area contributed by atoms with E-state index < -0.39 is 0 Å². The first-order chi connectivity index (χ1) is 18.8. The maximum absolute atomic E-state index is 3.78. The van der Waals surface area contributed by atoms with Crippen LogP contribution in [-0.4, -0.2) is 4.57 Å². The van der Waals surface area contributed by atoms with E-state index in [-0.39, 0.29) is 0 Å². The molecule has 180 valence electrons. The van der Waals surface area contributed by atoms with Crippen LogP contribution in [0.4, 0.5) is 11.4 Å². The summed E-state index contributed by atoms with van der Waals surface area (Å²) < 4.78 is 2.35. The molecule has 0 aliphatic rings. The Morgan fingerprint density at radius 1 is 0.421 bits per heavy atom. The lowest BCUT2D eigenvalue weighted by atomic mass is 9.98. The lowest BCUT2D eigenvalue weighted by molar-refractivity contribution is 1.18. The van der Waals surface area contributed by atoms with E-state index in [4.69, 9.17) is 0 Å². The molecular weight excluding hydrogens is 460 g/mol. The Hall–Kier alpha value is -5.08. The van der Waals surface area contributed by atoms with Gasteiger partial charge in [-0.2, -0.15) is 0 Å². The van der Waals surface area contributed by atoms with Crippen molar-refractivity contribution in [3.63, 3.8) is 0 Å². The van der Waals surface area contributed by atoms with Crippen LogP contribution in [0.3, 0.4) is 0 Å². The Labute approximate surface area is 222 Å². The first-order valence-electron chi connectivity index (χ1n) is 13.0. The molecule has 1 aromatic heterocycles. The molecule has 0 fully saturated rings. The van der Waals surface area contributed by atoms with Crippen LogP contribution in [0.5, 0.6) is 0 Å². The molecule has 0 atom stereocenters. The Bertz CT molecular complexity index is 1870. The Morgan fingerprint density at radius 3 is 1.82 bits per heavy atom.